The van der Waals surface area contributed by atoms with Crippen LogP contribution in [0.3, 0.4) is 0 Å². The predicted molar refractivity (Wildman–Crippen MR) is 134 cm³/mol. The molecule has 0 saturated heterocycles. The van der Waals surface area contributed by atoms with Gasteiger partial charge in [-0.1, -0.05) is 38.5 Å². The van der Waals surface area contributed by atoms with Crippen molar-refractivity contribution in [1.29, 1.82) is 0 Å². The van der Waals surface area contributed by atoms with E-state index in [1.54, 1.807) is 19.1 Å². The van der Waals surface area contributed by atoms with Gasteiger partial charge in [-0.15, -0.1) is 0 Å². The van der Waals surface area contributed by atoms with Crippen LogP contribution in [-0.2, 0) is 19.1 Å². The van der Waals surface area contributed by atoms with Crippen molar-refractivity contribution in [3.8, 4) is 0 Å². The lowest BCUT2D eigenvalue weighted by molar-refractivity contribution is -0.168. The minimum atomic E-state index is -3.75. The highest BCUT2D eigenvalue weighted by atomic mass is 32.2. The normalized spacial score (nSPS) is 44.1. The Bertz CT molecular complexity index is 1060. The molecule has 0 unspecified atom stereocenters. The van der Waals surface area contributed by atoms with Crippen molar-refractivity contribution in [3.63, 3.8) is 0 Å². The van der Waals surface area contributed by atoms with Crippen molar-refractivity contribution in [3.05, 3.63) is 29.8 Å². The third-order valence-electron chi connectivity index (χ3n) is 11.4. The maximum absolute atomic E-state index is 13.0. The van der Waals surface area contributed by atoms with E-state index >= 15 is 0 Å². The van der Waals surface area contributed by atoms with E-state index in [1.807, 2.05) is 19.1 Å². The fourth-order valence-corrected chi connectivity index (χ4v) is 10.4. The van der Waals surface area contributed by atoms with Crippen LogP contribution < -0.4 is 0 Å². The summed E-state index contributed by atoms with van der Waals surface area (Å²) >= 11 is 0. The number of aryl methyl sites for hydroxylation is 1. The largest absolute Gasteiger partial charge is 0.300 e. The average molecular weight is 487 g/mol. The average Bonchev–Trinajstić information content (AvgIpc) is 3.12. The molecule has 0 bridgehead atoms. The van der Waals surface area contributed by atoms with Gasteiger partial charge in [0.2, 0.25) is 0 Å². The van der Waals surface area contributed by atoms with Gasteiger partial charge in [0.15, 0.2) is 0 Å². The second-order valence-electron chi connectivity index (χ2n) is 12.9. The summed E-state index contributed by atoms with van der Waals surface area (Å²) in [6, 6.07) is 6.96. The van der Waals surface area contributed by atoms with Crippen LogP contribution in [0, 0.1) is 46.8 Å². The van der Waals surface area contributed by atoms with Crippen LogP contribution in [0.25, 0.3) is 0 Å². The lowest BCUT2D eigenvalue weighted by Crippen LogP contribution is -2.58. The molecule has 4 nitrogen and oxygen atoms in total. The third-order valence-corrected chi connectivity index (χ3v) is 12.8. The molecule has 4 saturated carbocycles. The number of benzene rings is 1. The van der Waals surface area contributed by atoms with E-state index < -0.39 is 10.1 Å². The Morgan fingerprint density at radius 2 is 1.62 bits per heavy atom. The molecule has 0 spiro atoms. The summed E-state index contributed by atoms with van der Waals surface area (Å²) in [6.45, 7) is 11.1. The molecule has 4 aliphatic rings. The number of ketones is 1. The zero-order valence-electron chi connectivity index (χ0n) is 21.6. The molecule has 0 aliphatic heterocycles. The second-order valence-corrected chi connectivity index (χ2v) is 14.5. The molecule has 0 N–H and O–H groups in total. The molecule has 34 heavy (non-hydrogen) atoms. The topological polar surface area (TPSA) is 60.4 Å². The lowest BCUT2D eigenvalue weighted by atomic mass is 9.40. The molecule has 4 fully saturated rings. The van der Waals surface area contributed by atoms with E-state index in [-0.39, 0.29) is 33.2 Å². The van der Waals surface area contributed by atoms with Crippen molar-refractivity contribution in [2.45, 2.75) is 103 Å². The summed E-state index contributed by atoms with van der Waals surface area (Å²) in [5, 5.41) is 0. The smallest absolute Gasteiger partial charge is 0.297 e. The monoisotopic (exact) mass is 486 g/mol. The van der Waals surface area contributed by atoms with Gasteiger partial charge in [-0.2, -0.15) is 8.42 Å². The SMILES string of the molecule is CC(=O)[C@H]1CC[C@H]2[C@@H]3CC[C@@]4(C)C[C@@H](OS(=O)(=O)c5ccc(C)cc5)CC[C@]4(C)[C@H]3CC[C@]12C. The number of fused-ring (bicyclic) bond motifs is 5. The molecule has 188 valence electrons. The zero-order chi connectivity index (χ0) is 24.5. The molecule has 4 aliphatic carbocycles. The van der Waals surface area contributed by atoms with Gasteiger partial charge in [0.1, 0.15) is 5.78 Å². The van der Waals surface area contributed by atoms with Crippen LogP contribution in [0.4, 0.5) is 0 Å². The Morgan fingerprint density at radius 3 is 2.29 bits per heavy atom. The molecule has 0 radical (unpaired) electrons. The van der Waals surface area contributed by atoms with E-state index in [4.69, 9.17) is 4.18 Å². The van der Waals surface area contributed by atoms with E-state index in [9.17, 15) is 13.2 Å². The number of hydrogen-bond acceptors (Lipinski definition) is 4. The molecule has 5 heteroatoms. The van der Waals surface area contributed by atoms with E-state index in [2.05, 4.69) is 20.8 Å². The molecule has 8 atom stereocenters. The Morgan fingerprint density at radius 1 is 0.912 bits per heavy atom. The molecule has 5 rings (SSSR count). The number of carbonyl (C=O) groups is 1. The van der Waals surface area contributed by atoms with Gasteiger partial charge in [0.25, 0.3) is 10.1 Å². The first-order chi connectivity index (χ1) is 15.9. The fourth-order valence-electron chi connectivity index (χ4n) is 9.28. The van der Waals surface area contributed by atoms with Crippen LogP contribution in [0.2, 0.25) is 0 Å². The minimum absolute atomic E-state index is 0.0895. The quantitative estimate of drug-likeness (QED) is 0.444. The van der Waals surface area contributed by atoms with Gasteiger partial charge >= 0.3 is 0 Å². The van der Waals surface area contributed by atoms with Crippen molar-refractivity contribution in [2.24, 2.45) is 39.9 Å². The standard InChI is InChI=1S/C29H42O4S/c1-19-6-8-22(9-7-19)34(31,32)33-21-12-17-29(5)26-14-16-28(4)24(20(2)30)10-11-25(28)23(26)13-15-27(29,3)18-21/h6-9,21,23-26H,10-18H2,1-5H3/t21-,23-,24+,25-,26-,27-,28+,29+/m0/s1. The lowest BCUT2D eigenvalue weighted by Gasteiger charge is -2.65. The molecular formula is C29H42O4S. The van der Waals surface area contributed by atoms with Crippen LogP contribution in [0.5, 0.6) is 0 Å². The Labute approximate surface area is 206 Å². The minimum Gasteiger partial charge on any atom is -0.300 e. The maximum atomic E-state index is 13.0. The van der Waals surface area contributed by atoms with Gasteiger partial charge < -0.3 is 0 Å². The molecule has 0 amide bonds. The molecule has 0 aromatic heterocycles. The van der Waals surface area contributed by atoms with E-state index in [0.29, 0.717) is 23.5 Å². The third kappa shape index (κ3) is 3.63. The highest BCUT2D eigenvalue weighted by Crippen LogP contribution is 2.70. The summed E-state index contributed by atoms with van der Waals surface area (Å²) in [5.74, 6) is 2.68. The van der Waals surface area contributed by atoms with Crippen molar-refractivity contribution < 1.29 is 17.4 Å². The van der Waals surface area contributed by atoms with Crippen molar-refractivity contribution in [1.82, 2.24) is 0 Å². The number of carbonyl (C=O) groups excluding carboxylic acids is 1. The van der Waals surface area contributed by atoms with Crippen LogP contribution in [0.1, 0.15) is 91.0 Å². The summed E-state index contributed by atoms with van der Waals surface area (Å²) in [7, 11) is -3.75. The summed E-state index contributed by atoms with van der Waals surface area (Å²) in [5.41, 5.74) is 1.52. The second kappa shape index (κ2) is 8.16. The van der Waals surface area contributed by atoms with Crippen LogP contribution in [0.15, 0.2) is 29.2 Å². The van der Waals surface area contributed by atoms with Gasteiger partial charge in [-0.25, -0.2) is 0 Å². The Balaban J connectivity index is 1.34. The Kier molecular flexibility index (Phi) is 5.88. The van der Waals surface area contributed by atoms with Gasteiger partial charge in [0.05, 0.1) is 11.0 Å². The van der Waals surface area contributed by atoms with Crippen LogP contribution in [-0.4, -0.2) is 20.3 Å². The molecular weight excluding hydrogens is 444 g/mol. The predicted octanol–water partition coefficient (Wildman–Crippen LogP) is 6.71. The first-order valence-electron chi connectivity index (χ1n) is 13.4. The first kappa shape index (κ1) is 24.5. The molecule has 0 heterocycles. The fraction of sp³-hybridized carbons (Fsp3) is 0.759. The van der Waals surface area contributed by atoms with Crippen molar-refractivity contribution in [2.75, 3.05) is 0 Å². The van der Waals surface area contributed by atoms with E-state index in [0.717, 1.165) is 44.1 Å². The van der Waals surface area contributed by atoms with E-state index in [1.165, 1.54) is 19.3 Å². The summed E-state index contributed by atoms with van der Waals surface area (Å²) < 4.78 is 31.8. The van der Waals surface area contributed by atoms with Crippen molar-refractivity contribution >= 4 is 15.9 Å². The summed E-state index contributed by atoms with van der Waals surface area (Å²) in [6.07, 6.45) is 9.38. The highest BCUT2D eigenvalue weighted by Gasteiger charge is 2.64. The van der Waals surface area contributed by atoms with Gasteiger partial charge in [-0.3, -0.25) is 8.98 Å². The first-order valence-corrected chi connectivity index (χ1v) is 14.8. The Hall–Kier alpha value is -1.20. The van der Waals surface area contributed by atoms with Crippen LogP contribution >= 0.6 is 0 Å². The number of Topliss-reactive ketones (excluding diaryl/α,β-unsaturated/α-hetero) is 1. The van der Waals surface area contributed by atoms with Gasteiger partial charge in [0, 0.05) is 5.92 Å². The maximum Gasteiger partial charge on any atom is 0.297 e. The highest BCUT2D eigenvalue weighted by molar-refractivity contribution is 7.86. The number of rotatable bonds is 4. The summed E-state index contributed by atoms with van der Waals surface area (Å²) in [4.78, 5) is 12.7. The molecule has 1 aromatic rings. The number of hydrogen-bond donors (Lipinski definition) is 0. The molecule has 1 aromatic carbocycles. The van der Waals surface area contributed by atoms with Gasteiger partial charge in [-0.05, 0) is 118 Å². The zero-order valence-corrected chi connectivity index (χ0v) is 22.4.